The van der Waals surface area contributed by atoms with Gasteiger partial charge in [-0.3, -0.25) is 4.79 Å². The van der Waals surface area contributed by atoms with Crippen molar-refractivity contribution in [3.63, 3.8) is 0 Å². The maximum absolute atomic E-state index is 13.1. The van der Waals surface area contributed by atoms with Gasteiger partial charge in [-0.2, -0.15) is 13.2 Å². The maximum atomic E-state index is 13.1. The number of piperazine rings is 1. The van der Waals surface area contributed by atoms with Gasteiger partial charge in [-0.15, -0.1) is 0 Å². The Kier molecular flexibility index (Phi) is 4.62. The van der Waals surface area contributed by atoms with Crippen molar-refractivity contribution in [3.05, 3.63) is 0 Å². The first-order valence-corrected chi connectivity index (χ1v) is 7.40. The van der Waals surface area contributed by atoms with E-state index in [0.717, 1.165) is 6.42 Å². The molecule has 1 aliphatic heterocycles. The molecule has 0 aromatic rings. The standard InChI is InChI=1S/C14H23F3N2O/c1-9-7-19(8-10(2)18-9)13(20)11-5-3-4-6-12(11)14(15,16)17/h9-12,18H,3-8H2,1-2H3. The summed E-state index contributed by atoms with van der Waals surface area (Å²) in [7, 11) is 0. The van der Waals surface area contributed by atoms with Crippen LogP contribution in [0.5, 0.6) is 0 Å². The number of halogens is 3. The van der Waals surface area contributed by atoms with E-state index in [1.54, 1.807) is 4.90 Å². The zero-order chi connectivity index (χ0) is 14.9. The summed E-state index contributed by atoms with van der Waals surface area (Å²) in [5, 5.41) is 3.29. The molecule has 4 atom stereocenters. The Balaban J connectivity index is 2.09. The van der Waals surface area contributed by atoms with Crippen molar-refractivity contribution in [3.8, 4) is 0 Å². The predicted octanol–water partition coefficient (Wildman–Crippen LogP) is 2.56. The number of alkyl halides is 3. The Morgan fingerprint density at radius 3 is 2.20 bits per heavy atom. The highest BCUT2D eigenvalue weighted by molar-refractivity contribution is 5.79. The average molecular weight is 292 g/mol. The fourth-order valence-electron chi connectivity index (χ4n) is 3.56. The molecule has 1 heterocycles. The van der Waals surface area contributed by atoms with Gasteiger partial charge in [0.25, 0.3) is 0 Å². The fourth-order valence-corrected chi connectivity index (χ4v) is 3.56. The van der Waals surface area contributed by atoms with Crippen molar-refractivity contribution in [2.45, 2.75) is 57.8 Å². The molecule has 116 valence electrons. The van der Waals surface area contributed by atoms with Crippen LogP contribution in [-0.4, -0.2) is 42.2 Å². The molecule has 1 aliphatic carbocycles. The zero-order valence-electron chi connectivity index (χ0n) is 12.0. The number of hydrogen-bond acceptors (Lipinski definition) is 2. The molecule has 0 radical (unpaired) electrons. The van der Waals surface area contributed by atoms with E-state index < -0.39 is 18.0 Å². The predicted molar refractivity (Wildman–Crippen MR) is 70.1 cm³/mol. The summed E-state index contributed by atoms with van der Waals surface area (Å²) in [5.41, 5.74) is 0. The molecule has 0 aromatic heterocycles. The third-order valence-corrected chi connectivity index (χ3v) is 4.37. The first kappa shape index (κ1) is 15.6. The largest absolute Gasteiger partial charge is 0.392 e. The lowest BCUT2D eigenvalue weighted by Crippen LogP contribution is -2.58. The van der Waals surface area contributed by atoms with E-state index in [0.29, 0.717) is 25.9 Å². The van der Waals surface area contributed by atoms with Gasteiger partial charge in [0.1, 0.15) is 0 Å². The van der Waals surface area contributed by atoms with Gasteiger partial charge >= 0.3 is 6.18 Å². The summed E-state index contributed by atoms with van der Waals surface area (Å²) in [6.45, 7) is 4.92. The first-order valence-electron chi connectivity index (χ1n) is 7.40. The summed E-state index contributed by atoms with van der Waals surface area (Å²) in [4.78, 5) is 14.1. The van der Waals surface area contributed by atoms with Crippen molar-refractivity contribution in [1.29, 1.82) is 0 Å². The lowest BCUT2D eigenvalue weighted by molar-refractivity contribution is -0.201. The molecule has 1 saturated heterocycles. The van der Waals surface area contributed by atoms with Crippen molar-refractivity contribution >= 4 is 5.91 Å². The molecule has 0 bridgehead atoms. The molecule has 2 rings (SSSR count). The van der Waals surface area contributed by atoms with Crippen LogP contribution in [0.25, 0.3) is 0 Å². The lowest BCUT2D eigenvalue weighted by atomic mass is 9.77. The molecule has 2 aliphatic rings. The van der Waals surface area contributed by atoms with Crippen LogP contribution in [0, 0.1) is 11.8 Å². The van der Waals surface area contributed by atoms with Gasteiger partial charge in [0.15, 0.2) is 0 Å². The number of amides is 1. The van der Waals surface area contributed by atoms with Crippen LogP contribution in [0.2, 0.25) is 0 Å². The Labute approximate surface area is 117 Å². The smallest absolute Gasteiger partial charge is 0.339 e. The monoisotopic (exact) mass is 292 g/mol. The number of rotatable bonds is 1. The molecule has 0 aromatic carbocycles. The van der Waals surface area contributed by atoms with Crippen LogP contribution in [0.1, 0.15) is 39.5 Å². The number of nitrogens with zero attached hydrogens (tertiary/aromatic N) is 1. The van der Waals surface area contributed by atoms with Gasteiger partial charge in [0.05, 0.1) is 5.92 Å². The SMILES string of the molecule is CC1CN(C(=O)C2CCCCC2C(F)(F)F)CC(C)N1. The van der Waals surface area contributed by atoms with Crippen LogP contribution in [-0.2, 0) is 4.79 Å². The third kappa shape index (κ3) is 3.45. The van der Waals surface area contributed by atoms with Crippen LogP contribution >= 0.6 is 0 Å². The van der Waals surface area contributed by atoms with Crippen molar-refractivity contribution in [2.24, 2.45) is 11.8 Å². The van der Waals surface area contributed by atoms with Crippen LogP contribution in [0.3, 0.4) is 0 Å². The minimum absolute atomic E-state index is 0.0943. The summed E-state index contributed by atoms with van der Waals surface area (Å²) < 4.78 is 39.3. The molecule has 3 nitrogen and oxygen atoms in total. The second-order valence-corrected chi connectivity index (χ2v) is 6.25. The number of nitrogens with one attached hydrogen (secondary N) is 1. The minimum atomic E-state index is -4.26. The first-order chi connectivity index (χ1) is 9.29. The molecule has 1 amide bonds. The highest BCUT2D eigenvalue weighted by Crippen LogP contribution is 2.42. The molecule has 4 unspecified atom stereocenters. The lowest BCUT2D eigenvalue weighted by Gasteiger charge is -2.40. The number of carbonyl (C=O) groups excluding carboxylic acids is 1. The van der Waals surface area contributed by atoms with E-state index in [1.165, 1.54) is 0 Å². The molecule has 1 saturated carbocycles. The summed E-state index contributed by atoms with van der Waals surface area (Å²) in [5.74, 6) is -2.63. The Hall–Kier alpha value is -0.780. The molecule has 20 heavy (non-hydrogen) atoms. The Bertz CT molecular complexity index is 349. The Morgan fingerprint density at radius 1 is 1.10 bits per heavy atom. The van der Waals surface area contributed by atoms with Crippen LogP contribution < -0.4 is 5.32 Å². The average Bonchev–Trinajstić information content (AvgIpc) is 2.35. The fraction of sp³-hybridized carbons (Fsp3) is 0.929. The maximum Gasteiger partial charge on any atom is 0.392 e. The Morgan fingerprint density at radius 2 is 1.65 bits per heavy atom. The molecule has 1 N–H and O–H groups in total. The number of carbonyl (C=O) groups is 1. The quantitative estimate of drug-likeness (QED) is 0.805. The highest BCUT2D eigenvalue weighted by atomic mass is 19.4. The summed E-state index contributed by atoms with van der Waals surface area (Å²) in [6, 6.07) is 0.270. The minimum Gasteiger partial charge on any atom is -0.339 e. The topological polar surface area (TPSA) is 32.3 Å². The van der Waals surface area contributed by atoms with Crippen LogP contribution in [0.4, 0.5) is 13.2 Å². The van der Waals surface area contributed by atoms with Crippen molar-refractivity contribution in [2.75, 3.05) is 13.1 Å². The van der Waals surface area contributed by atoms with Gasteiger partial charge in [0.2, 0.25) is 5.91 Å². The molecule has 0 spiro atoms. The molecule has 6 heteroatoms. The van der Waals surface area contributed by atoms with E-state index in [4.69, 9.17) is 0 Å². The third-order valence-electron chi connectivity index (χ3n) is 4.37. The van der Waals surface area contributed by atoms with Crippen LogP contribution in [0.15, 0.2) is 0 Å². The zero-order valence-corrected chi connectivity index (χ0v) is 12.0. The summed E-state index contributed by atoms with van der Waals surface area (Å²) in [6.07, 6.45) is -2.50. The van der Waals surface area contributed by atoms with E-state index in [1.807, 2.05) is 13.8 Å². The van der Waals surface area contributed by atoms with Gasteiger partial charge in [-0.25, -0.2) is 0 Å². The summed E-state index contributed by atoms with van der Waals surface area (Å²) >= 11 is 0. The van der Waals surface area contributed by atoms with Gasteiger partial charge in [0, 0.05) is 31.1 Å². The normalized spacial score (nSPS) is 36.0. The second-order valence-electron chi connectivity index (χ2n) is 6.25. The number of hydrogen-bond donors (Lipinski definition) is 1. The van der Waals surface area contributed by atoms with Gasteiger partial charge in [-0.05, 0) is 26.7 Å². The highest BCUT2D eigenvalue weighted by Gasteiger charge is 2.49. The second kappa shape index (κ2) is 5.92. The van der Waals surface area contributed by atoms with Crippen molar-refractivity contribution < 1.29 is 18.0 Å². The van der Waals surface area contributed by atoms with Gasteiger partial charge < -0.3 is 10.2 Å². The van der Waals surface area contributed by atoms with Gasteiger partial charge in [-0.1, -0.05) is 12.8 Å². The van der Waals surface area contributed by atoms with Crippen molar-refractivity contribution in [1.82, 2.24) is 10.2 Å². The molecule has 2 fully saturated rings. The van der Waals surface area contributed by atoms with E-state index in [2.05, 4.69) is 5.32 Å². The van der Waals surface area contributed by atoms with E-state index in [9.17, 15) is 18.0 Å². The van der Waals surface area contributed by atoms with E-state index in [-0.39, 0.29) is 24.4 Å². The van der Waals surface area contributed by atoms with E-state index >= 15 is 0 Å². The molecular formula is C14H23F3N2O. The molecular weight excluding hydrogens is 269 g/mol.